The van der Waals surface area contributed by atoms with Gasteiger partial charge in [0.05, 0.1) is 12.7 Å². The van der Waals surface area contributed by atoms with Gasteiger partial charge >= 0.3 is 5.97 Å². The lowest BCUT2D eigenvalue weighted by Crippen LogP contribution is -2.46. The van der Waals surface area contributed by atoms with E-state index < -0.39 is 5.60 Å². The van der Waals surface area contributed by atoms with Crippen molar-refractivity contribution in [1.29, 1.82) is 0 Å². The average molecular weight is 435 g/mol. The summed E-state index contributed by atoms with van der Waals surface area (Å²) in [5.41, 5.74) is 3.75. The Morgan fingerprint density at radius 2 is 1.69 bits per heavy atom. The van der Waals surface area contributed by atoms with Crippen LogP contribution >= 0.6 is 0 Å². The molecule has 0 aromatic heterocycles. The Kier molecular flexibility index (Phi) is 6.33. The minimum Gasteiger partial charge on any atom is -0.482 e. The van der Waals surface area contributed by atoms with E-state index in [0.29, 0.717) is 30.0 Å². The van der Waals surface area contributed by atoms with Crippen molar-refractivity contribution in [3.8, 4) is 5.75 Å². The minimum absolute atomic E-state index is 0.0421. The van der Waals surface area contributed by atoms with Crippen molar-refractivity contribution >= 4 is 17.4 Å². The van der Waals surface area contributed by atoms with E-state index in [-0.39, 0.29) is 11.9 Å². The summed E-state index contributed by atoms with van der Waals surface area (Å²) in [6.07, 6.45) is 3.91. The molecule has 4 rings (SSSR count). The maximum Gasteiger partial charge on any atom is 0.337 e. The Morgan fingerprint density at radius 3 is 2.31 bits per heavy atom. The van der Waals surface area contributed by atoms with Crippen molar-refractivity contribution in [2.45, 2.75) is 32.3 Å². The van der Waals surface area contributed by atoms with Crippen LogP contribution in [0.4, 0.5) is 0 Å². The van der Waals surface area contributed by atoms with Gasteiger partial charge < -0.3 is 19.7 Å². The first-order valence-corrected chi connectivity index (χ1v) is 11.3. The van der Waals surface area contributed by atoms with Gasteiger partial charge in [-0.25, -0.2) is 4.79 Å². The van der Waals surface area contributed by atoms with Gasteiger partial charge in [0.1, 0.15) is 11.4 Å². The number of carbonyl (C=O) groups is 2. The van der Waals surface area contributed by atoms with Crippen LogP contribution in [0.1, 0.15) is 58.5 Å². The summed E-state index contributed by atoms with van der Waals surface area (Å²) in [6, 6.07) is 13.2. The SMILES string of the molecule is CCN(CC)C(=O)c1ccc(C2=CC3(CCNCC3)Oc3cc(C(=O)OC)ccc32)cc1. The number of hydrogen-bond acceptors (Lipinski definition) is 5. The van der Waals surface area contributed by atoms with Gasteiger partial charge in [-0.1, -0.05) is 12.1 Å². The second kappa shape index (κ2) is 9.17. The van der Waals surface area contributed by atoms with Gasteiger partial charge in [0, 0.05) is 37.1 Å². The van der Waals surface area contributed by atoms with Crippen molar-refractivity contribution in [3.63, 3.8) is 0 Å². The van der Waals surface area contributed by atoms with Crippen LogP contribution in [0.5, 0.6) is 5.75 Å². The molecule has 1 N–H and O–H groups in total. The third kappa shape index (κ3) is 4.15. The summed E-state index contributed by atoms with van der Waals surface area (Å²) >= 11 is 0. The van der Waals surface area contributed by atoms with Crippen LogP contribution < -0.4 is 10.1 Å². The third-order valence-corrected chi connectivity index (χ3v) is 6.36. The summed E-state index contributed by atoms with van der Waals surface area (Å²) in [4.78, 5) is 26.6. The van der Waals surface area contributed by atoms with Crippen LogP contribution in [-0.2, 0) is 4.74 Å². The Morgan fingerprint density at radius 1 is 1.03 bits per heavy atom. The number of nitrogens with zero attached hydrogens (tertiary/aromatic N) is 1. The maximum absolute atomic E-state index is 12.7. The van der Waals surface area contributed by atoms with Gasteiger partial charge in [-0.3, -0.25) is 4.79 Å². The Bertz CT molecular complexity index is 1030. The lowest BCUT2D eigenvalue weighted by atomic mass is 9.83. The number of hydrogen-bond donors (Lipinski definition) is 1. The first-order chi connectivity index (χ1) is 15.5. The second-order valence-electron chi connectivity index (χ2n) is 8.23. The molecule has 2 aromatic rings. The number of benzene rings is 2. The van der Waals surface area contributed by atoms with E-state index in [1.165, 1.54) is 7.11 Å². The molecule has 1 amide bonds. The van der Waals surface area contributed by atoms with Crippen LogP contribution in [0.25, 0.3) is 5.57 Å². The Hall–Kier alpha value is -3.12. The molecule has 1 saturated heterocycles. The van der Waals surface area contributed by atoms with Gasteiger partial charge in [0.15, 0.2) is 0 Å². The van der Waals surface area contributed by atoms with E-state index in [1.54, 1.807) is 12.1 Å². The standard InChI is InChI=1S/C26H30N2O4/c1-4-28(5-2)24(29)19-8-6-18(7-9-19)22-17-26(12-14-27-15-13-26)32-23-16-20(25(30)31-3)10-11-21(22)23/h6-11,16-17,27H,4-5,12-15H2,1-3H3. The molecule has 2 heterocycles. The maximum atomic E-state index is 12.7. The monoisotopic (exact) mass is 434 g/mol. The summed E-state index contributed by atoms with van der Waals surface area (Å²) in [7, 11) is 1.38. The summed E-state index contributed by atoms with van der Waals surface area (Å²) < 4.78 is 11.4. The third-order valence-electron chi connectivity index (χ3n) is 6.36. The highest BCUT2D eigenvalue weighted by atomic mass is 16.5. The van der Waals surface area contributed by atoms with Crippen LogP contribution in [0.2, 0.25) is 0 Å². The molecule has 168 valence electrons. The first kappa shape index (κ1) is 22.1. The fourth-order valence-corrected chi connectivity index (χ4v) is 4.48. The lowest BCUT2D eigenvalue weighted by molar-refractivity contribution is 0.0595. The Balaban J connectivity index is 1.74. The molecule has 0 saturated carbocycles. The Labute approximate surface area is 189 Å². The number of methoxy groups -OCH3 is 1. The molecule has 0 bridgehead atoms. The fraction of sp³-hybridized carbons (Fsp3) is 0.385. The number of ether oxygens (including phenoxy) is 2. The predicted molar refractivity (Wildman–Crippen MR) is 124 cm³/mol. The van der Waals surface area contributed by atoms with Gasteiger partial charge in [-0.15, -0.1) is 0 Å². The minimum atomic E-state index is -0.419. The second-order valence-corrected chi connectivity index (χ2v) is 8.23. The molecule has 0 aliphatic carbocycles. The summed E-state index contributed by atoms with van der Waals surface area (Å²) in [5.74, 6) is 0.349. The zero-order chi connectivity index (χ0) is 22.7. The first-order valence-electron chi connectivity index (χ1n) is 11.3. The average Bonchev–Trinajstić information content (AvgIpc) is 2.84. The van der Waals surface area contributed by atoms with Crippen molar-refractivity contribution in [2.24, 2.45) is 0 Å². The number of carbonyl (C=O) groups excluding carboxylic acids is 2. The number of nitrogens with one attached hydrogen (secondary N) is 1. The number of rotatable bonds is 5. The molecule has 1 fully saturated rings. The van der Waals surface area contributed by atoms with Crippen LogP contribution in [0.3, 0.4) is 0 Å². The topological polar surface area (TPSA) is 67.9 Å². The van der Waals surface area contributed by atoms with Crippen LogP contribution in [0.15, 0.2) is 48.5 Å². The zero-order valence-corrected chi connectivity index (χ0v) is 18.9. The molecule has 6 heteroatoms. The van der Waals surface area contributed by atoms with Crippen molar-refractivity contribution in [3.05, 3.63) is 70.8 Å². The smallest absolute Gasteiger partial charge is 0.337 e. The molecule has 6 nitrogen and oxygen atoms in total. The predicted octanol–water partition coefficient (Wildman–Crippen LogP) is 3.90. The molecule has 2 aliphatic rings. The largest absolute Gasteiger partial charge is 0.482 e. The van der Waals surface area contributed by atoms with Gasteiger partial charge in [-0.05, 0) is 74.5 Å². The highest BCUT2D eigenvalue weighted by Crippen LogP contribution is 2.43. The quantitative estimate of drug-likeness (QED) is 0.723. The van der Waals surface area contributed by atoms with E-state index in [9.17, 15) is 9.59 Å². The van der Waals surface area contributed by atoms with Crippen LogP contribution in [0, 0.1) is 0 Å². The number of amides is 1. The molecule has 2 aliphatic heterocycles. The van der Waals surface area contributed by atoms with E-state index in [1.807, 2.05) is 49.1 Å². The van der Waals surface area contributed by atoms with E-state index in [4.69, 9.17) is 9.47 Å². The fourth-order valence-electron chi connectivity index (χ4n) is 4.48. The van der Waals surface area contributed by atoms with Gasteiger partial charge in [0.2, 0.25) is 0 Å². The summed E-state index contributed by atoms with van der Waals surface area (Å²) in [5, 5.41) is 3.39. The molecule has 0 radical (unpaired) electrons. The highest BCUT2D eigenvalue weighted by molar-refractivity contribution is 5.95. The molecular weight excluding hydrogens is 404 g/mol. The van der Waals surface area contributed by atoms with Crippen molar-refractivity contribution < 1.29 is 19.1 Å². The van der Waals surface area contributed by atoms with Crippen molar-refractivity contribution in [2.75, 3.05) is 33.3 Å². The van der Waals surface area contributed by atoms with E-state index in [0.717, 1.165) is 42.6 Å². The van der Waals surface area contributed by atoms with E-state index in [2.05, 4.69) is 11.4 Å². The van der Waals surface area contributed by atoms with Gasteiger partial charge in [0.25, 0.3) is 5.91 Å². The normalized spacial score (nSPS) is 16.5. The molecule has 1 spiro atoms. The summed E-state index contributed by atoms with van der Waals surface area (Å²) in [6.45, 7) is 7.08. The number of fused-ring (bicyclic) bond motifs is 1. The highest BCUT2D eigenvalue weighted by Gasteiger charge is 2.37. The molecule has 0 atom stereocenters. The van der Waals surface area contributed by atoms with Crippen LogP contribution in [-0.4, -0.2) is 55.7 Å². The molecule has 32 heavy (non-hydrogen) atoms. The lowest BCUT2D eigenvalue weighted by Gasteiger charge is -2.40. The zero-order valence-electron chi connectivity index (χ0n) is 18.9. The van der Waals surface area contributed by atoms with Gasteiger partial charge in [-0.2, -0.15) is 0 Å². The molecular formula is C26H30N2O4. The molecule has 0 unspecified atom stereocenters. The number of piperidine rings is 1. The van der Waals surface area contributed by atoms with Crippen molar-refractivity contribution in [1.82, 2.24) is 10.2 Å². The number of esters is 1. The van der Waals surface area contributed by atoms with E-state index >= 15 is 0 Å². The molecule has 2 aromatic carbocycles.